The summed E-state index contributed by atoms with van der Waals surface area (Å²) in [7, 11) is 0. The number of hydrogen-bond donors (Lipinski definition) is 1. The Balaban J connectivity index is 1.95. The molecule has 0 saturated heterocycles. The highest BCUT2D eigenvalue weighted by molar-refractivity contribution is 5.32. The first-order valence-corrected chi connectivity index (χ1v) is 5.95. The van der Waals surface area contributed by atoms with Gasteiger partial charge in [0.2, 0.25) is 5.95 Å². The van der Waals surface area contributed by atoms with Crippen LogP contribution >= 0.6 is 0 Å². The maximum Gasteiger partial charge on any atom is 0.217 e. The molecule has 1 aliphatic carbocycles. The van der Waals surface area contributed by atoms with Crippen LogP contribution in [0.15, 0.2) is 12.4 Å². The average molecular weight is 223 g/mol. The Morgan fingerprint density at radius 3 is 2.75 bits per heavy atom. The van der Waals surface area contributed by atoms with Gasteiger partial charge in [-0.15, -0.1) is 0 Å². The van der Waals surface area contributed by atoms with Crippen LogP contribution in [0.5, 0.6) is 0 Å². The van der Waals surface area contributed by atoms with E-state index in [1.54, 1.807) is 0 Å². The second kappa shape index (κ2) is 4.76. The minimum absolute atomic E-state index is 0.390. The number of nitrogens with one attached hydrogen (secondary N) is 1. The predicted octanol–water partition coefficient (Wildman–Crippen LogP) is 3.00. The van der Waals surface area contributed by atoms with E-state index >= 15 is 0 Å². The van der Waals surface area contributed by atoms with Crippen LogP contribution in [-0.4, -0.2) is 16.5 Å². The molecule has 0 bridgehead atoms. The molecular formula is C12H18FN3. The molecule has 88 valence electrons. The van der Waals surface area contributed by atoms with Crippen molar-refractivity contribution in [2.45, 2.75) is 39.0 Å². The van der Waals surface area contributed by atoms with Crippen LogP contribution in [0, 0.1) is 11.4 Å². The summed E-state index contributed by atoms with van der Waals surface area (Å²) in [5.41, 5.74) is 0.390. The number of anilines is 1. The Hall–Kier alpha value is -1.19. The molecule has 1 aromatic heterocycles. The first kappa shape index (κ1) is 11.3. The monoisotopic (exact) mass is 223 g/mol. The van der Waals surface area contributed by atoms with Crippen molar-refractivity contribution in [3.05, 3.63) is 18.3 Å². The minimum atomic E-state index is -0.477. The highest BCUT2D eigenvalue weighted by Crippen LogP contribution is 2.40. The molecular weight excluding hydrogens is 205 g/mol. The first-order valence-electron chi connectivity index (χ1n) is 5.95. The molecule has 4 heteroatoms. The summed E-state index contributed by atoms with van der Waals surface area (Å²) < 4.78 is 12.9. The molecule has 2 rings (SSSR count). The second-order valence-corrected chi connectivity index (χ2v) is 4.64. The van der Waals surface area contributed by atoms with E-state index in [1.807, 2.05) is 0 Å². The molecule has 0 spiro atoms. The van der Waals surface area contributed by atoms with Crippen LogP contribution in [0.3, 0.4) is 0 Å². The van der Waals surface area contributed by atoms with Crippen LogP contribution in [0.1, 0.15) is 39.0 Å². The third-order valence-electron chi connectivity index (χ3n) is 3.69. The molecule has 1 aromatic rings. The molecule has 0 aliphatic heterocycles. The third-order valence-corrected chi connectivity index (χ3v) is 3.69. The van der Waals surface area contributed by atoms with E-state index < -0.39 is 5.95 Å². The number of rotatable bonds is 4. The summed E-state index contributed by atoms with van der Waals surface area (Å²) in [6, 6.07) is 1.35. The fourth-order valence-corrected chi connectivity index (χ4v) is 2.49. The summed E-state index contributed by atoms with van der Waals surface area (Å²) in [6.45, 7) is 3.12. The lowest BCUT2D eigenvalue weighted by molar-refractivity contribution is 0.306. The van der Waals surface area contributed by atoms with E-state index in [4.69, 9.17) is 0 Å². The number of hydrogen-bond acceptors (Lipinski definition) is 3. The van der Waals surface area contributed by atoms with Gasteiger partial charge in [0, 0.05) is 12.6 Å². The van der Waals surface area contributed by atoms with E-state index in [0.717, 1.165) is 6.54 Å². The van der Waals surface area contributed by atoms with Crippen LogP contribution in [0.4, 0.5) is 10.2 Å². The average Bonchev–Trinajstić information content (AvgIpc) is 2.76. The maximum absolute atomic E-state index is 12.9. The lowest BCUT2D eigenvalue weighted by Crippen LogP contribution is -2.26. The molecule has 0 aromatic carbocycles. The summed E-state index contributed by atoms with van der Waals surface area (Å²) in [6.07, 6.45) is 7.59. The van der Waals surface area contributed by atoms with E-state index in [-0.39, 0.29) is 0 Å². The highest BCUT2D eigenvalue weighted by atomic mass is 19.1. The van der Waals surface area contributed by atoms with Crippen molar-refractivity contribution >= 4 is 5.82 Å². The van der Waals surface area contributed by atoms with Crippen molar-refractivity contribution in [3.8, 4) is 0 Å². The highest BCUT2D eigenvalue weighted by Gasteiger charge is 2.31. The second-order valence-electron chi connectivity index (χ2n) is 4.64. The lowest BCUT2D eigenvalue weighted by atomic mass is 9.83. The Labute approximate surface area is 95.5 Å². The Morgan fingerprint density at radius 2 is 2.12 bits per heavy atom. The predicted molar refractivity (Wildman–Crippen MR) is 61.7 cm³/mol. The van der Waals surface area contributed by atoms with E-state index in [9.17, 15) is 4.39 Å². The number of nitrogens with zero attached hydrogens (tertiary/aromatic N) is 2. The van der Waals surface area contributed by atoms with Crippen molar-refractivity contribution in [2.75, 3.05) is 11.9 Å². The van der Waals surface area contributed by atoms with E-state index in [1.165, 1.54) is 44.5 Å². The quantitative estimate of drug-likeness (QED) is 0.797. The molecule has 0 unspecified atom stereocenters. The topological polar surface area (TPSA) is 37.8 Å². The van der Waals surface area contributed by atoms with Gasteiger partial charge < -0.3 is 5.32 Å². The summed E-state index contributed by atoms with van der Waals surface area (Å²) >= 11 is 0. The van der Waals surface area contributed by atoms with Gasteiger partial charge in [-0.3, -0.25) is 0 Å². The molecule has 1 fully saturated rings. The molecule has 16 heavy (non-hydrogen) atoms. The molecule has 0 amide bonds. The van der Waals surface area contributed by atoms with Crippen molar-refractivity contribution < 1.29 is 4.39 Å². The fraction of sp³-hybridized carbons (Fsp3) is 0.667. The summed E-state index contributed by atoms with van der Waals surface area (Å²) in [5.74, 6) is 0.113. The van der Waals surface area contributed by atoms with Gasteiger partial charge in [-0.25, -0.2) is 9.97 Å². The van der Waals surface area contributed by atoms with Gasteiger partial charge in [0.1, 0.15) is 12.1 Å². The molecule has 1 saturated carbocycles. The van der Waals surface area contributed by atoms with Gasteiger partial charge in [-0.05, 0) is 24.7 Å². The first-order chi connectivity index (χ1) is 7.74. The lowest BCUT2D eigenvalue weighted by Gasteiger charge is -2.27. The molecule has 0 radical (unpaired) electrons. The van der Waals surface area contributed by atoms with Crippen LogP contribution < -0.4 is 5.32 Å². The summed E-state index contributed by atoms with van der Waals surface area (Å²) in [5, 5.41) is 3.23. The Kier molecular flexibility index (Phi) is 3.36. The molecule has 3 nitrogen and oxygen atoms in total. The normalized spacial score (nSPS) is 18.6. The van der Waals surface area contributed by atoms with E-state index in [2.05, 4.69) is 22.2 Å². The third kappa shape index (κ3) is 2.49. The Morgan fingerprint density at radius 1 is 1.38 bits per heavy atom. The summed E-state index contributed by atoms with van der Waals surface area (Å²) in [4.78, 5) is 7.44. The zero-order chi connectivity index (χ0) is 11.4. The SMILES string of the molecule is CCC1(CNc2cc(F)ncn2)CCCC1. The maximum atomic E-state index is 12.9. The Bertz CT molecular complexity index is 348. The van der Waals surface area contributed by atoms with Crippen molar-refractivity contribution in [1.29, 1.82) is 0 Å². The smallest absolute Gasteiger partial charge is 0.217 e. The minimum Gasteiger partial charge on any atom is -0.369 e. The largest absolute Gasteiger partial charge is 0.369 e. The van der Waals surface area contributed by atoms with Gasteiger partial charge in [0.15, 0.2) is 0 Å². The molecule has 1 heterocycles. The van der Waals surface area contributed by atoms with E-state index in [0.29, 0.717) is 11.2 Å². The van der Waals surface area contributed by atoms with Crippen LogP contribution in [0.25, 0.3) is 0 Å². The van der Waals surface area contributed by atoms with Crippen molar-refractivity contribution in [1.82, 2.24) is 9.97 Å². The van der Waals surface area contributed by atoms with Gasteiger partial charge >= 0.3 is 0 Å². The van der Waals surface area contributed by atoms with Crippen LogP contribution in [-0.2, 0) is 0 Å². The van der Waals surface area contributed by atoms with Gasteiger partial charge in [-0.2, -0.15) is 4.39 Å². The molecule has 0 atom stereocenters. The van der Waals surface area contributed by atoms with Crippen molar-refractivity contribution in [2.24, 2.45) is 5.41 Å². The standard InChI is InChI=1S/C12H18FN3/c1-2-12(5-3-4-6-12)8-14-11-7-10(13)15-9-16-11/h7,9H,2-6,8H2,1H3,(H,14,15,16). The van der Waals surface area contributed by atoms with Crippen molar-refractivity contribution in [3.63, 3.8) is 0 Å². The van der Waals surface area contributed by atoms with Gasteiger partial charge in [0.25, 0.3) is 0 Å². The van der Waals surface area contributed by atoms with Gasteiger partial charge in [-0.1, -0.05) is 19.8 Å². The number of halogens is 1. The fourth-order valence-electron chi connectivity index (χ4n) is 2.49. The van der Waals surface area contributed by atoms with Crippen LogP contribution in [0.2, 0.25) is 0 Å². The van der Waals surface area contributed by atoms with Gasteiger partial charge in [0.05, 0.1) is 0 Å². The zero-order valence-corrected chi connectivity index (χ0v) is 9.67. The molecule has 1 aliphatic rings. The zero-order valence-electron chi connectivity index (χ0n) is 9.67. The molecule has 1 N–H and O–H groups in total. The number of aromatic nitrogens is 2.